The molecule has 0 radical (unpaired) electrons. The van der Waals surface area contributed by atoms with Gasteiger partial charge < -0.3 is 10.4 Å². The molecule has 0 amide bonds. The topological polar surface area (TPSA) is 45.1 Å². The summed E-state index contributed by atoms with van der Waals surface area (Å²) in [6.07, 6.45) is 3.54. The van der Waals surface area contributed by atoms with Crippen molar-refractivity contribution in [2.45, 2.75) is 51.1 Å². The van der Waals surface area contributed by atoms with Crippen molar-refractivity contribution in [3.05, 3.63) is 16.1 Å². The number of nitrogens with one attached hydrogen (secondary N) is 1. The first-order valence-corrected chi connectivity index (χ1v) is 6.85. The maximum absolute atomic E-state index is 9.29. The van der Waals surface area contributed by atoms with Gasteiger partial charge in [0.2, 0.25) is 0 Å². The molecule has 16 heavy (non-hydrogen) atoms. The molecular formula is C12H20N2OS. The summed E-state index contributed by atoms with van der Waals surface area (Å²) in [5, 5.41) is 16.1. The summed E-state index contributed by atoms with van der Waals surface area (Å²) in [6, 6.07) is 0. The molecule has 3 nitrogen and oxygen atoms in total. The molecule has 1 aliphatic carbocycles. The summed E-state index contributed by atoms with van der Waals surface area (Å²) in [7, 11) is 0. The van der Waals surface area contributed by atoms with Gasteiger partial charge in [0.25, 0.3) is 0 Å². The highest BCUT2D eigenvalue weighted by molar-refractivity contribution is 7.09. The van der Waals surface area contributed by atoms with E-state index >= 15 is 0 Å². The van der Waals surface area contributed by atoms with Crippen LogP contribution in [0, 0.1) is 0 Å². The lowest BCUT2D eigenvalue weighted by Gasteiger charge is -2.26. The Kier molecular flexibility index (Phi) is 3.62. The molecule has 1 fully saturated rings. The Morgan fingerprint density at radius 1 is 1.62 bits per heavy atom. The summed E-state index contributed by atoms with van der Waals surface area (Å²) >= 11 is 1.77. The van der Waals surface area contributed by atoms with E-state index in [9.17, 15) is 5.11 Å². The van der Waals surface area contributed by atoms with Crippen molar-refractivity contribution >= 4 is 11.3 Å². The number of aliphatic hydroxyl groups is 1. The molecule has 1 unspecified atom stereocenters. The van der Waals surface area contributed by atoms with Crippen LogP contribution in [0.4, 0.5) is 0 Å². The number of hydrogen-bond donors (Lipinski definition) is 2. The zero-order chi connectivity index (χ0) is 11.6. The van der Waals surface area contributed by atoms with Crippen molar-refractivity contribution in [1.29, 1.82) is 0 Å². The lowest BCUT2D eigenvalue weighted by atomic mass is 10.0. The van der Waals surface area contributed by atoms with Crippen molar-refractivity contribution in [3.8, 4) is 0 Å². The van der Waals surface area contributed by atoms with Crippen LogP contribution >= 0.6 is 11.3 Å². The van der Waals surface area contributed by atoms with Crippen molar-refractivity contribution in [2.24, 2.45) is 0 Å². The highest BCUT2D eigenvalue weighted by Crippen LogP contribution is 2.41. The molecule has 1 atom stereocenters. The molecule has 2 rings (SSSR count). The van der Waals surface area contributed by atoms with Crippen LogP contribution in [0.3, 0.4) is 0 Å². The molecule has 0 aromatic carbocycles. The number of aliphatic hydroxyl groups excluding tert-OH is 1. The van der Waals surface area contributed by atoms with E-state index in [4.69, 9.17) is 0 Å². The predicted octanol–water partition coefficient (Wildman–Crippen LogP) is 2.27. The van der Waals surface area contributed by atoms with Crippen LogP contribution in [0.25, 0.3) is 0 Å². The number of nitrogens with zero attached hydrogens (tertiary/aromatic N) is 1. The number of hydrogen-bond acceptors (Lipinski definition) is 4. The molecule has 90 valence electrons. The molecule has 0 aliphatic heterocycles. The fraction of sp³-hybridized carbons (Fsp3) is 0.750. The van der Waals surface area contributed by atoms with Crippen LogP contribution in [0.5, 0.6) is 0 Å². The number of thiazole rings is 1. The summed E-state index contributed by atoms with van der Waals surface area (Å²) in [4.78, 5) is 4.62. The molecule has 0 saturated heterocycles. The third kappa shape index (κ3) is 2.81. The minimum absolute atomic E-state index is 0.170. The summed E-state index contributed by atoms with van der Waals surface area (Å²) in [5.74, 6) is 0.745. The van der Waals surface area contributed by atoms with Crippen molar-refractivity contribution < 1.29 is 5.11 Å². The zero-order valence-electron chi connectivity index (χ0n) is 9.99. The van der Waals surface area contributed by atoms with Crippen LogP contribution in [-0.4, -0.2) is 22.2 Å². The molecule has 1 saturated carbocycles. The van der Waals surface area contributed by atoms with Gasteiger partial charge in [0.15, 0.2) is 0 Å². The second-order valence-corrected chi connectivity index (χ2v) is 5.77. The third-order valence-corrected chi connectivity index (χ3v) is 4.38. The predicted molar refractivity (Wildman–Crippen MR) is 66.7 cm³/mol. The first-order valence-electron chi connectivity index (χ1n) is 5.97. The van der Waals surface area contributed by atoms with Crippen molar-refractivity contribution in [2.75, 3.05) is 6.61 Å². The Morgan fingerprint density at radius 2 is 2.38 bits per heavy atom. The first kappa shape index (κ1) is 12.0. The van der Waals surface area contributed by atoms with Gasteiger partial charge in [0.05, 0.1) is 17.3 Å². The summed E-state index contributed by atoms with van der Waals surface area (Å²) in [6.45, 7) is 5.05. The summed E-state index contributed by atoms with van der Waals surface area (Å²) in [5.41, 5.74) is 0.934. The van der Waals surface area contributed by atoms with Gasteiger partial charge in [-0.3, -0.25) is 0 Å². The monoisotopic (exact) mass is 240 g/mol. The SMILES string of the molecule is CCC(C)(CO)NCc1csc(C2CC2)n1. The molecular weight excluding hydrogens is 220 g/mol. The Labute approximate surface area is 101 Å². The number of rotatable bonds is 6. The minimum atomic E-state index is -0.177. The molecule has 0 spiro atoms. The fourth-order valence-corrected chi connectivity index (χ4v) is 2.51. The molecule has 2 N–H and O–H groups in total. The number of aromatic nitrogens is 1. The lowest BCUT2D eigenvalue weighted by molar-refractivity contribution is 0.168. The van der Waals surface area contributed by atoms with E-state index < -0.39 is 0 Å². The van der Waals surface area contributed by atoms with Crippen LogP contribution in [-0.2, 0) is 6.54 Å². The van der Waals surface area contributed by atoms with E-state index in [1.165, 1.54) is 17.8 Å². The lowest BCUT2D eigenvalue weighted by Crippen LogP contribution is -2.44. The van der Waals surface area contributed by atoms with Gasteiger partial charge >= 0.3 is 0 Å². The third-order valence-electron chi connectivity index (χ3n) is 3.32. The average molecular weight is 240 g/mol. The first-order chi connectivity index (χ1) is 7.67. The quantitative estimate of drug-likeness (QED) is 0.802. The highest BCUT2D eigenvalue weighted by atomic mass is 32.1. The zero-order valence-corrected chi connectivity index (χ0v) is 10.8. The Balaban J connectivity index is 1.88. The largest absolute Gasteiger partial charge is 0.394 e. The maximum atomic E-state index is 9.29. The Morgan fingerprint density at radius 3 is 2.94 bits per heavy atom. The van der Waals surface area contributed by atoms with Crippen LogP contribution in [0.2, 0.25) is 0 Å². The maximum Gasteiger partial charge on any atom is 0.0959 e. The van der Waals surface area contributed by atoms with E-state index in [1.807, 2.05) is 6.92 Å². The van der Waals surface area contributed by atoms with E-state index in [2.05, 4.69) is 22.6 Å². The van der Waals surface area contributed by atoms with Crippen LogP contribution in [0.1, 0.15) is 49.7 Å². The summed E-state index contributed by atoms with van der Waals surface area (Å²) < 4.78 is 0. The second-order valence-electron chi connectivity index (χ2n) is 4.88. The highest BCUT2D eigenvalue weighted by Gasteiger charge is 2.27. The van der Waals surface area contributed by atoms with Crippen LogP contribution < -0.4 is 5.32 Å². The normalized spacial score (nSPS) is 19.7. The van der Waals surface area contributed by atoms with Crippen molar-refractivity contribution in [1.82, 2.24) is 10.3 Å². The average Bonchev–Trinajstić information content (AvgIpc) is 3.06. The van der Waals surface area contributed by atoms with Gasteiger partial charge in [0.1, 0.15) is 0 Å². The Hall–Kier alpha value is -0.450. The minimum Gasteiger partial charge on any atom is -0.394 e. The van der Waals surface area contributed by atoms with E-state index in [0.29, 0.717) is 0 Å². The smallest absolute Gasteiger partial charge is 0.0959 e. The van der Waals surface area contributed by atoms with Crippen molar-refractivity contribution in [3.63, 3.8) is 0 Å². The molecule has 1 aromatic rings. The van der Waals surface area contributed by atoms with Gasteiger partial charge in [-0.1, -0.05) is 6.92 Å². The standard InChI is InChI=1S/C12H20N2OS/c1-3-12(2,8-15)13-6-10-7-16-11(14-10)9-4-5-9/h7,9,13,15H,3-6,8H2,1-2H3. The molecule has 1 aromatic heterocycles. The van der Waals surface area contributed by atoms with E-state index in [-0.39, 0.29) is 12.1 Å². The van der Waals surface area contributed by atoms with E-state index in [1.54, 1.807) is 11.3 Å². The molecule has 0 bridgehead atoms. The van der Waals surface area contributed by atoms with Gasteiger partial charge in [-0.25, -0.2) is 4.98 Å². The molecule has 4 heteroatoms. The van der Waals surface area contributed by atoms with Gasteiger partial charge in [0, 0.05) is 23.4 Å². The van der Waals surface area contributed by atoms with Gasteiger partial charge in [-0.05, 0) is 26.2 Å². The second kappa shape index (κ2) is 4.82. The fourth-order valence-electron chi connectivity index (χ4n) is 1.52. The molecule has 1 heterocycles. The molecule has 1 aliphatic rings. The van der Waals surface area contributed by atoms with Gasteiger partial charge in [-0.2, -0.15) is 0 Å². The van der Waals surface area contributed by atoms with E-state index in [0.717, 1.165) is 24.6 Å². The van der Waals surface area contributed by atoms with Gasteiger partial charge in [-0.15, -0.1) is 11.3 Å². The Bertz CT molecular complexity index is 343. The van der Waals surface area contributed by atoms with Crippen LogP contribution in [0.15, 0.2) is 5.38 Å².